The summed E-state index contributed by atoms with van der Waals surface area (Å²) in [5.41, 5.74) is 1.64. The van der Waals surface area contributed by atoms with Crippen molar-refractivity contribution in [2.45, 2.75) is 33.1 Å². The Labute approximate surface area is 121 Å². The monoisotopic (exact) mass is 275 g/mol. The molecule has 0 aliphatic carbocycles. The Kier molecular flexibility index (Phi) is 4.11. The second kappa shape index (κ2) is 5.84. The molecule has 2 aliphatic rings. The molecule has 20 heavy (non-hydrogen) atoms. The van der Waals surface area contributed by atoms with E-state index in [0.29, 0.717) is 5.92 Å². The molecule has 3 heteroatoms. The number of likely N-dealkylation sites (tertiary alicyclic amines) is 1. The SMILES string of the molecule is CC1(C)CN(Cc2ccccc2)CCC1C1OCCO1. The van der Waals surface area contributed by atoms with E-state index in [0.717, 1.165) is 39.3 Å². The molecule has 0 bridgehead atoms. The highest BCUT2D eigenvalue weighted by atomic mass is 16.7. The molecule has 2 aliphatic heterocycles. The fraction of sp³-hybridized carbons (Fsp3) is 0.647. The van der Waals surface area contributed by atoms with Gasteiger partial charge < -0.3 is 9.47 Å². The normalized spacial score (nSPS) is 27.8. The van der Waals surface area contributed by atoms with Gasteiger partial charge >= 0.3 is 0 Å². The first kappa shape index (κ1) is 14.1. The minimum Gasteiger partial charge on any atom is -0.350 e. The van der Waals surface area contributed by atoms with Gasteiger partial charge in [0.25, 0.3) is 0 Å². The van der Waals surface area contributed by atoms with E-state index in [4.69, 9.17) is 9.47 Å². The first-order valence-corrected chi connectivity index (χ1v) is 7.65. The fourth-order valence-electron chi connectivity index (χ4n) is 3.58. The van der Waals surface area contributed by atoms with E-state index in [1.807, 2.05) is 0 Å². The molecule has 0 radical (unpaired) electrons. The Morgan fingerprint density at radius 3 is 2.50 bits per heavy atom. The maximum absolute atomic E-state index is 5.74. The van der Waals surface area contributed by atoms with Crippen molar-refractivity contribution in [3.05, 3.63) is 35.9 Å². The highest BCUT2D eigenvalue weighted by Crippen LogP contribution is 2.39. The number of hydrogen-bond acceptors (Lipinski definition) is 3. The summed E-state index contributed by atoms with van der Waals surface area (Å²) >= 11 is 0. The van der Waals surface area contributed by atoms with Gasteiger partial charge in [-0.25, -0.2) is 0 Å². The highest BCUT2D eigenvalue weighted by molar-refractivity contribution is 5.14. The van der Waals surface area contributed by atoms with Crippen molar-refractivity contribution in [3.63, 3.8) is 0 Å². The Hall–Kier alpha value is -0.900. The minimum absolute atomic E-state index is 0.0175. The van der Waals surface area contributed by atoms with Crippen molar-refractivity contribution in [1.29, 1.82) is 0 Å². The van der Waals surface area contributed by atoms with Gasteiger partial charge in [-0.2, -0.15) is 0 Å². The van der Waals surface area contributed by atoms with Crippen molar-refractivity contribution >= 4 is 0 Å². The second-order valence-corrected chi connectivity index (χ2v) is 6.69. The molecule has 2 heterocycles. The summed E-state index contributed by atoms with van der Waals surface area (Å²) in [6.07, 6.45) is 1.17. The number of ether oxygens (including phenoxy) is 2. The van der Waals surface area contributed by atoms with Crippen LogP contribution in [0.15, 0.2) is 30.3 Å². The van der Waals surface area contributed by atoms with Crippen molar-refractivity contribution in [1.82, 2.24) is 4.90 Å². The van der Waals surface area contributed by atoms with E-state index in [2.05, 4.69) is 49.1 Å². The molecule has 1 unspecified atom stereocenters. The number of nitrogens with zero attached hydrogens (tertiary/aromatic N) is 1. The van der Waals surface area contributed by atoms with E-state index in [-0.39, 0.29) is 11.7 Å². The molecule has 0 N–H and O–H groups in total. The van der Waals surface area contributed by atoms with Crippen LogP contribution in [0.25, 0.3) is 0 Å². The predicted octanol–water partition coefficient (Wildman–Crippen LogP) is 2.91. The largest absolute Gasteiger partial charge is 0.350 e. The molecule has 0 amide bonds. The molecule has 1 aromatic rings. The van der Waals surface area contributed by atoms with Crippen LogP contribution in [0.2, 0.25) is 0 Å². The van der Waals surface area contributed by atoms with Crippen LogP contribution >= 0.6 is 0 Å². The van der Waals surface area contributed by atoms with E-state index in [1.54, 1.807) is 0 Å². The molecule has 0 aromatic heterocycles. The van der Waals surface area contributed by atoms with Gasteiger partial charge in [0, 0.05) is 19.0 Å². The van der Waals surface area contributed by atoms with Crippen molar-refractivity contribution in [3.8, 4) is 0 Å². The fourth-order valence-corrected chi connectivity index (χ4v) is 3.58. The van der Waals surface area contributed by atoms with Crippen LogP contribution in [0.1, 0.15) is 25.8 Å². The molecular formula is C17H25NO2. The van der Waals surface area contributed by atoms with E-state index in [9.17, 15) is 0 Å². The Balaban J connectivity index is 1.62. The summed E-state index contributed by atoms with van der Waals surface area (Å²) in [7, 11) is 0. The Morgan fingerprint density at radius 1 is 1.15 bits per heavy atom. The number of piperidine rings is 1. The molecule has 110 valence electrons. The van der Waals surface area contributed by atoms with Gasteiger partial charge in [0.15, 0.2) is 6.29 Å². The minimum atomic E-state index is 0.0175. The highest BCUT2D eigenvalue weighted by Gasteiger charge is 2.42. The quantitative estimate of drug-likeness (QED) is 0.846. The summed E-state index contributed by atoms with van der Waals surface area (Å²) in [4.78, 5) is 2.56. The zero-order valence-electron chi connectivity index (χ0n) is 12.5. The first-order valence-electron chi connectivity index (χ1n) is 7.65. The summed E-state index contributed by atoms with van der Waals surface area (Å²) in [6, 6.07) is 10.7. The number of benzene rings is 1. The summed E-state index contributed by atoms with van der Waals surface area (Å²) in [5.74, 6) is 0.511. The second-order valence-electron chi connectivity index (χ2n) is 6.69. The van der Waals surface area contributed by atoms with Gasteiger partial charge in [0.05, 0.1) is 13.2 Å². The predicted molar refractivity (Wildman–Crippen MR) is 79.3 cm³/mol. The van der Waals surface area contributed by atoms with Gasteiger partial charge in [-0.15, -0.1) is 0 Å². The van der Waals surface area contributed by atoms with E-state index >= 15 is 0 Å². The van der Waals surface area contributed by atoms with Crippen LogP contribution in [-0.4, -0.2) is 37.5 Å². The van der Waals surface area contributed by atoms with Gasteiger partial charge in [0.1, 0.15) is 0 Å². The lowest BCUT2D eigenvalue weighted by Crippen LogP contribution is -2.49. The Morgan fingerprint density at radius 2 is 1.85 bits per heavy atom. The maximum Gasteiger partial charge on any atom is 0.161 e. The molecule has 0 spiro atoms. The van der Waals surface area contributed by atoms with E-state index < -0.39 is 0 Å². The average molecular weight is 275 g/mol. The molecule has 1 aromatic carbocycles. The van der Waals surface area contributed by atoms with Crippen LogP contribution in [0.4, 0.5) is 0 Å². The average Bonchev–Trinajstić information content (AvgIpc) is 2.92. The zero-order valence-corrected chi connectivity index (χ0v) is 12.5. The van der Waals surface area contributed by atoms with Crippen molar-refractivity contribution in [2.75, 3.05) is 26.3 Å². The van der Waals surface area contributed by atoms with E-state index in [1.165, 1.54) is 5.56 Å². The molecule has 3 rings (SSSR count). The number of hydrogen-bond donors (Lipinski definition) is 0. The lowest BCUT2D eigenvalue weighted by Gasteiger charge is -2.45. The molecule has 3 nitrogen and oxygen atoms in total. The molecule has 2 saturated heterocycles. The standard InChI is InChI=1S/C17H25NO2/c1-17(2)13-18(12-14-6-4-3-5-7-14)9-8-15(17)16-19-10-11-20-16/h3-7,15-16H,8-13H2,1-2H3. The molecule has 0 saturated carbocycles. The van der Waals surface area contributed by atoms with Crippen LogP contribution in [0.5, 0.6) is 0 Å². The molecule has 2 fully saturated rings. The van der Waals surface area contributed by atoms with Crippen molar-refractivity contribution in [2.24, 2.45) is 11.3 Å². The maximum atomic E-state index is 5.74. The van der Waals surface area contributed by atoms with Crippen LogP contribution < -0.4 is 0 Å². The Bertz CT molecular complexity index is 426. The number of rotatable bonds is 3. The smallest absolute Gasteiger partial charge is 0.161 e. The van der Waals surface area contributed by atoms with Gasteiger partial charge in [-0.05, 0) is 23.9 Å². The van der Waals surface area contributed by atoms with Crippen molar-refractivity contribution < 1.29 is 9.47 Å². The topological polar surface area (TPSA) is 21.7 Å². The molecular weight excluding hydrogens is 250 g/mol. The summed E-state index contributed by atoms with van der Waals surface area (Å²) in [5, 5.41) is 0. The van der Waals surface area contributed by atoms with Gasteiger partial charge in [-0.1, -0.05) is 44.2 Å². The van der Waals surface area contributed by atoms with Crippen LogP contribution in [-0.2, 0) is 16.0 Å². The van der Waals surface area contributed by atoms with Crippen LogP contribution in [0, 0.1) is 11.3 Å². The lowest BCUT2D eigenvalue weighted by atomic mass is 9.73. The lowest BCUT2D eigenvalue weighted by molar-refractivity contribution is -0.137. The van der Waals surface area contributed by atoms with Gasteiger partial charge in [0.2, 0.25) is 0 Å². The third-order valence-corrected chi connectivity index (χ3v) is 4.62. The third kappa shape index (κ3) is 3.05. The summed E-state index contributed by atoms with van der Waals surface area (Å²) in [6.45, 7) is 9.49. The molecule has 1 atom stereocenters. The van der Waals surface area contributed by atoms with Gasteiger partial charge in [-0.3, -0.25) is 4.90 Å². The zero-order chi connectivity index (χ0) is 14.0. The first-order chi connectivity index (χ1) is 9.65. The third-order valence-electron chi connectivity index (χ3n) is 4.62. The summed E-state index contributed by atoms with van der Waals surface area (Å²) < 4.78 is 11.5. The van der Waals surface area contributed by atoms with Crippen LogP contribution in [0.3, 0.4) is 0 Å².